The van der Waals surface area contributed by atoms with Gasteiger partial charge in [-0.05, 0) is 36.8 Å². The number of rotatable bonds is 8. The lowest BCUT2D eigenvalue weighted by molar-refractivity contribution is 0.0949. The van der Waals surface area contributed by atoms with Gasteiger partial charge in [-0.15, -0.1) is 21.5 Å². The Labute approximate surface area is 192 Å². The van der Waals surface area contributed by atoms with E-state index in [1.807, 2.05) is 47.9 Å². The maximum atomic E-state index is 12.1. The minimum atomic E-state index is -0.142. The normalized spacial score (nSPS) is 10.9. The molecule has 0 bridgehead atoms. The number of halogens is 1. The predicted molar refractivity (Wildman–Crippen MR) is 124 cm³/mol. The Bertz CT molecular complexity index is 1180. The molecule has 0 unspecified atom stereocenters. The van der Waals surface area contributed by atoms with E-state index in [9.17, 15) is 4.79 Å². The van der Waals surface area contributed by atoms with Crippen molar-refractivity contribution < 1.29 is 4.79 Å². The van der Waals surface area contributed by atoms with Crippen LogP contribution < -0.4 is 5.32 Å². The maximum absolute atomic E-state index is 12.1. The Morgan fingerprint density at radius 2 is 2.06 bits per heavy atom. The van der Waals surface area contributed by atoms with Crippen LogP contribution in [0.25, 0.3) is 17.1 Å². The standard InChI is InChI=1S/C21H19ClN6OS2/c1-2-8-24-20(29)17-12-30-18(25-17)13-31-21-27-26-19(14-6-9-23-10-7-14)28(21)16-5-3-4-15(22)11-16/h3-7,9-12H,2,8,13H2,1H3,(H,24,29). The zero-order chi connectivity index (χ0) is 21.6. The number of benzene rings is 1. The quantitative estimate of drug-likeness (QED) is 0.370. The number of hydrogen-bond acceptors (Lipinski definition) is 7. The fourth-order valence-corrected chi connectivity index (χ4v) is 4.76. The molecule has 0 fully saturated rings. The van der Waals surface area contributed by atoms with Crippen LogP contribution >= 0.6 is 34.7 Å². The van der Waals surface area contributed by atoms with Crippen LogP contribution in [0.3, 0.4) is 0 Å². The van der Waals surface area contributed by atoms with E-state index in [0.29, 0.717) is 34.0 Å². The summed E-state index contributed by atoms with van der Waals surface area (Å²) < 4.78 is 1.97. The number of carbonyl (C=O) groups is 1. The molecule has 158 valence electrons. The van der Waals surface area contributed by atoms with Gasteiger partial charge in [0, 0.05) is 34.9 Å². The average molecular weight is 471 g/mol. The molecule has 31 heavy (non-hydrogen) atoms. The predicted octanol–water partition coefficient (Wildman–Crippen LogP) is 4.87. The highest BCUT2D eigenvalue weighted by atomic mass is 35.5. The van der Waals surface area contributed by atoms with Gasteiger partial charge in [0.25, 0.3) is 5.91 Å². The largest absolute Gasteiger partial charge is 0.351 e. The summed E-state index contributed by atoms with van der Waals surface area (Å²) in [5, 5.41) is 15.6. The molecule has 0 aliphatic rings. The molecule has 7 nitrogen and oxygen atoms in total. The van der Waals surface area contributed by atoms with Crippen molar-refractivity contribution in [2.45, 2.75) is 24.3 Å². The minimum Gasteiger partial charge on any atom is -0.351 e. The summed E-state index contributed by atoms with van der Waals surface area (Å²) >= 11 is 9.20. The van der Waals surface area contributed by atoms with Crippen molar-refractivity contribution in [2.75, 3.05) is 6.54 Å². The van der Waals surface area contributed by atoms with Crippen LogP contribution in [0.5, 0.6) is 0 Å². The van der Waals surface area contributed by atoms with Gasteiger partial charge >= 0.3 is 0 Å². The van der Waals surface area contributed by atoms with Crippen LogP contribution in [0, 0.1) is 0 Å². The summed E-state index contributed by atoms with van der Waals surface area (Å²) in [6.07, 6.45) is 4.33. The van der Waals surface area contributed by atoms with Gasteiger partial charge in [0.05, 0.1) is 11.4 Å². The smallest absolute Gasteiger partial charge is 0.270 e. The second kappa shape index (κ2) is 10.0. The van der Waals surface area contributed by atoms with E-state index in [2.05, 4.69) is 25.5 Å². The van der Waals surface area contributed by atoms with Crippen LogP contribution in [0.4, 0.5) is 0 Å². The van der Waals surface area contributed by atoms with E-state index < -0.39 is 0 Å². The highest BCUT2D eigenvalue weighted by Crippen LogP contribution is 2.31. The Hall–Kier alpha value is -2.75. The Kier molecular flexibility index (Phi) is 6.96. The second-order valence-electron chi connectivity index (χ2n) is 6.53. The molecular formula is C21H19ClN6OS2. The molecule has 3 heterocycles. The molecule has 0 saturated carbocycles. The number of nitrogens with one attached hydrogen (secondary N) is 1. The zero-order valence-electron chi connectivity index (χ0n) is 16.7. The third kappa shape index (κ3) is 5.12. The van der Waals surface area contributed by atoms with Gasteiger partial charge in [0.2, 0.25) is 0 Å². The molecule has 4 rings (SSSR count). The van der Waals surface area contributed by atoms with E-state index >= 15 is 0 Å². The number of thioether (sulfide) groups is 1. The molecule has 0 saturated heterocycles. The van der Waals surface area contributed by atoms with Gasteiger partial charge in [-0.2, -0.15) is 0 Å². The summed E-state index contributed by atoms with van der Waals surface area (Å²) in [6.45, 7) is 2.65. The second-order valence-corrected chi connectivity index (χ2v) is 8.85. The van der Waals surface area contributed by atoms with Crippen molar-refractivity contribution >= 4 is 40.6 Å². The number of thiazole rings is 1. The number of nitrogens with zero attached hydrogens (tertiary/aromatic N) is 5. The molecule has 0 aliphatic carbocycles. The Morgan fingerprint density at radius 1 is 1.23 bits per heavy atom. The number of carbonyl (C=O) groups excluding carboxylic acids is 1. The summed E-state index contributed by atoms with van der Waals surface area (Å²) in [7, 11) is 0. The van der Waals surface area contributed by atoms with Crippen molar-refractivity contribution in [1.82, 2.24) is 30.0 Å². The van der Waals surface area contributed by atoms with E-state index in [1.165, 1.54) is 23.1 Å². The number of pyridine rings is 1. The van der Waals surface area contributed by atoms with Crippen LogP contribution in [0.2, 0.25) is 5.02 Å². The molecular weight excluding hydrogens is 452 g/mol. The fourth-order valence-electron chi connectivity index (χ4n) is 2.84. The third-order valence-corrected chi connectivity index (χ3v) is 6.49. The lowest BCUT2D eigenvalue weighted by atomic mass is 10.2. The molecule has 0 radical (unpaired) electrons. The molecule has 4 aromatic rings. The minimum absolute atomic E-state index is 0.142. The first kappa shape index (κ1) is 21.5. The van der Waals surface area contributed by atoms with Gasteiger partial charge in [-0.3, -0.25) is 14.3 Å². The molecule has 10 heteroatoms. The van der Waals surface area contributed by atoms with Gasteiger partial charge in [0.15, 0.2) is 11.0 Å². The van der Waals surface area contributed by atoms with Crippen molar-refractivity contribution in [3.05, 3.63) is 69.9 Å². The Balaban J connectivity index is 1.60. The third-order valence-electron chi connectivity index (χ3n) is 4.28. The van der Waals surface area contributed by atoms with Gasteiger partial charge in [-0.25, -0.2) is 4.98 Å². The summed E-state index contributed by atoms with van der Waals surface area (Å²) in [5.74, 6) is 1.13. The molecule has 0 aliphatic heterocycles. The summed E-state index contributed by atoms with van der Waals surface area (Å²) in [6, 6.07) is 11.3. The first-order chi connectivity index (χ1) is 15.2. The van der Waals surface area contributed by atoms with Crippen molar-refractivity contribution in [3.63, 3.8) is 0 Å². The van der Waals surface area contributed by atoms with E-state index in [1.54, 1.807) is 17.8 Å². The van der Waals surface area contributed by atoms with Crippen molar-refractivity contribution in [1.29, 1.82) is 0 Å². The topological polar surface area (TPSA) is 85.6 Å². The highest BCUT2D eigenvalue weighted by molar-refractivity contribution is 7.98. The molecule has 3 aromatic heterocycles. The molecule has 0 atom stereocenters. The van der Waals surface area contributed by atoms with Crippen LogP contribution in [0.1, 0.15) is 28.8 Å². The number of amides is 1. The Morgan fingerprint density at radius 3 is 2.84 bits per heavy atom. The SMILES string of the molecule is CCCNC(=O)c1csc(CSc2nnc(-c3ccncc3)n2-c2cccc(Cl)c2)n1. The fraction of sp³-hybridized carbons (Fsp3) is 0.190. The average Bonchev–Trinajstić information content (AvgIpc) is 3.44. The number of hydrogen-bond donors (Lipinski definition) is 1. The zero-order valence-corrected chi connectivity index (χ0v) is 19.0. The van der Waals surface area contributed by atoms with E-state index in [-0.39, 0.29) is 5.91 Å². The van der Waals surface area contributed by atoms with Crippen LogP contribution in [0.15, 0.2) is 59.3 Å². The van der Waals surface area contributed by atoms with Crippen molar-refractivity contribution in [2.24, 2.45) is 0 Å². The lowest BCUT2D eigenvalue weighted by Crippen LogP contribution is -2.24. The summed E-state index contributed by atoms with van der Waals surface area (Å²) in [5.41, 5.74) is 2.21. The van der Waals surface area contributed by atoms with Gasteiger partial charge in [-0.1, -0.05) is 36.4 Å². The van der Waals surface area contributed by atoms with E-state index in [4.69, 9.17) is 11.6 Å². The van der Waals surface area contributed by atoms with Crippen LogP contribution in [-0.4, -0.2) is 37.2 Å². The van der Waals surface area contributed by atoms with Gasteiger partial charge < -0.3 is 5.32 Å². The number of aromatic nitrogens is 5. The summed E-state index contributed by atoms with van der Waals surface area (Å²) in [4.78, 5) is 20.6. The molecule has 1 N–H and O–H groups in total. The maximum Gasteiger partial charge on any atom is 0.270 e. The van der Waals surface area contributed by atoms with Crippen LogP contribution in [-0.2, 0) is 5.75 Å². The molecule has 1 aromatic carbocycles. The lowest BCUT2D eigenvalue weighted by Gasteiger charge is -2.10. The first-order valence-electron chi connectivity index (χ1n) is 9.63. The van der Waals surface area contributed by atoms with Gasteiger partial charge in [0.1, 0.15) is 10.7 Å². The molecule has 1 amide bonds. The first-order valence-corrected chi connectivity index (χ1v) is 11.9. The highest BCUT2D eigenvalue weighted by Gasteiger charge is 2.18. The van der Waals surface area contributed by atoms with E-state index in [0.717, 1.165) is 22.7 Å². The monoisotopic (exact) mass is 470 g/mol. The molecule has 0 spiro atoms. The van der Waals surface area contributed by atoms with Crippen molar-refractivity contribution in [3.8, 4) is 17.1 Å².